The summed E-state index contributed by atoms with van der Waals surface area (Å²) in [6, 6.07) is 14.0. The predicted octanol–water partition coefficient (Wildman–Crippen LogP) is 4.51. The van der Waals surface area contributed by atoms with Gasteiger partial charge in [0.25, 0.3) is 11.6 Å². The molecule has 2 aromatic rings. The van der Waals surface area contributed by atoms with E-state index in [9.17, 15) is 19.7 Å². The van der Waals surface area contributed by atoms with Gasteiger partial charge in [-0.1, -0.05) is 30.3 Å². The summed E-state index contributed by atoms with van der Waals surface area (Å²) in [5.41, 5.74) is 4.10. The first kappa shape index (κ1) is 20.5. The van der Waals surface area contributed by atoms with E-state index < -0.39 is 10.8 Å². The van der Waals surface area contributed by atoms with Crippen LogP contribution in [0.4, 0.5) is 11.4 Å². The summed E-state index contributed by atoms with van der Waals surface area (Å²) in [6.45, 7) is 3.48. The average molecular weight is 417 g/mol. The fraction of sp³-hybridized carbons (Fsp3) is 0.250. The molecule has 1 aliphatic heterocycles. The van der Waals surface area contributed by atoms with E-state index in [2.05, 4.69) is 10.6 Å². The van der Waals surface area contributed by atoms with Crippen molar-refractivity contribution >= 4 is 23.1 Å². The molecule has 0 aromatic heterocycles. The Kier molecular flexibility index (Phi) is 5.42. The lowest BCUT2D eigenvalue weighted by Crippen LogP contribution is -2.35. The van der Waals surface area contributed by atoms with Crippen molar-refractivity contribution in [3.05, 3.63) is 92.3 Å². The molecule has 2 aliphatic rings. The Morgan fingerprint density at radius 2 is 1.87 bits per heavy atom. The normalized spacial score (nSPS) is 18.4. The maximum atomic E-state index is 13.4. The number of carbonyl (C=O) groups excluding carboxylic acids is 2. The first-order valence-corrected chi connectivity index (χ1v) is 10.2. The molecule has 1 amide bonds. The van der Waals surface area contributed by atoms with Gasteiger partial charge in [-0.2, -0.15) is 0 Å². The quantitative estimate of drug-likeness (QED) is 0.563. The highest BCUT2D eigenvalue weighted by Crippen LogP contribution is 2.43. The molecule has 0 fully saturated rings. The number of nitro benzene ring substituents is 1. The number of nitrogens with zero attached hydrogens (tertiary/aromatic N) is 1. The Labute approximate surface area is 180 Å². The zero-order valence-corrected chi connectivity index (χ0v) is 17.4. The second-order valence-electron chi connectivity index (χ2n) is 7.89. The Balaban J connectivity index is 1.84. The molecule has 7 heteroatoms. The number of dihydropyridines is 1. The molecule has 0 saturated carbocycles. The second kappa shape index (κ2) is 8.18. The van der Waals surface area contributed by atoms with Crippen molar-refractivity contribution in [1.29, 1.82) is 0 Å². The third-order valence-electron chi connectivity index (χ3n) is 5.82. The predicted molar refractivity (Wildman–Crippen MR) is 117 cm³/mol. The number of para-hydroxylation sites is 1. The summed E-state index contributed by atoms with van der Waals surface area (Å²) in [7, 11) is 0. The Bertz CT molecular complexity index is 1150. The van der Waals surface area contributed by atoms with Crippen LogP contribution in [0.5, 0.6) is 0 Å². The van der Waals surface area contributed by atoms with Crippen molar-refractivity contribution in [2.45, 2.75) is 39.0 Å². The Hall–Kier alpha value is -3.74. The summed E-state index contributed by atoms with van der Waals surface area (Å²) in [5.74, 6) is -1.03. The third kappa shape index (κ3) is 3.86. The highest BCUT2D eigenvalue weighted by atomic mass is 16.6. The van der Waals surface area contributed by atoms with E-state index in [0.29, 0.717) is 46.5 Å². The van der Waals surface area contributed by atoms with E-state index in [-0.39, 0.29) is 17.4 Å². The van der Waals surface area contributed by atoms with Crippen molar-refractivity contribution in [2.24, 2.45) is 0 Å². The molecule has 2 aromatic carbocycles. The molecule has 0 bridgehead atoms. The van der Waals surface area contributed by atoms with Gasteiger partial charge in [-0.05, 0) is 44.4 Å². The number of carbonyl (C=O) groups is 2. The van der Waals surface area contributed by atoms with E-state index in [0.717, 1.165) is 12.1 Å². The van der Waals surface area contributed by atoms with Crippen LogP contribution in [-0.2, 0) is 9.59 Å². The Morgan fingerprint density at radius 3 is 2.58 bits per heavy atom. The molecule has 0 saturated heterocycles. The van der Waals surface area contributed by atoms with Gasteiger partial charge in [-0.15, -0.1) is 0 Å². The summed E-state index contributed by atoms with van der Waals surface area (Å²) in [5, 5.41) is 17.7. The van der Waals surface area contributed by atoms with Crippen LogP contribution in [0.3, 0.4) is 0 Å². The number of benzene rings is 2. The molecule has 1 atom stereocenters. The van der Waals surface area contributed by atoms with Crippen LogP contribution in [0.25, 0.3) is 0 Å². The van der Waals surface area contributed by atoms with Crippen molar-refractivity contribution in [3.8, 4) is 0 Å². The summed E-state index contributed by atoms with van der Waals surface area (Å²) in [4.78, 5) is 37.4. The van der Waals surface area contributed by atoms with Crippen LogP contribution in [0, 0.1) is 17.0 Å². The van der Waals surface area contributed by atoms with Gasteiger partial charge in [0.2, 0.25) is 0 Å². The molecule has 1 aliphatic carbocycles. The summed E-state index contributed by atoms with van der Waals surface area (Å²) in [6.07, 6.45) is 1.85. The first-order chi connectivity index (χ1) is 14.9. The van der Waals surface area contributed by atoms with E-state index in [1.165, 1.54) is 6.07 Å². The molecule has 7 nitrogen and oxygen atoms in total. The summed E-state index contributed by atoms with van der Waals surface area (Å²) < 4.78 is 0. The minimum Gasteiger partial charge on any atom is -0.362 e. The van der Waals surface area contributed by atoms with Gasteiger partial charge in [0.15, 0.2) is 5.78 Å². The number of rotatable bonds is 4. The van der Waals surface area contributed by atoms with Crippen molar-refractivity contribution in [3.63, 3.8) is 0 Å². The number of anilines is 1. The number of nitro groups is 1. The molecule has 0 spiro atoms. The SMILES string of the molecule is CC1=C(C(=O)Nc2ccccc2)[C@H](c2ccc(C)c([N+](=O)[O-])c2)C2=C(CCCC2=O)N1. The molecule has 158 valence electrons. The number of nitrogens with one attached hydrogen (secondary N) is 2. The monoisotopic (exact) mass is 417 g/mol. The van der Waals surface area contributed by atoms with E-state index in [1.807, 2.05) is 18.2 Å². The van der Waals surface area contributed by atoms with Gasteiger partial charge < -0.3 is 10.6 Å². The lowest BCUT2D eigenvalue weighted by Gasteiger charge is -2.34. The van der Waals surface area contributed by atoms with Gasteiger partial charge >= 0.3 is 0 Å². The lowest BCUT2D eigenvalue weighted by molar-refractivity contribution is -0.385. The largest absolute Gasteiger partial charge is 0.362 e. The number of amides is 1. The number of hydrogen-bond donors (Lipinski definition) is 2. The first-order valence-electron chi connectivity index (χ1n) is 10.2. The number of allylic oxidation sites excluding steroid dienone is 3. The number of Topliss-reactive ketones (excluding diaryl/α,β-unsaturated/α-hetero) is 1. The van der Waals surface area contributed by atoms with E-state index in [4.69, 9.17) is 0 Å². The van der Waals surface area contributed by atoms with Gasteiger partial charge in [-0.25, -0.2) is 0 Å². The number of hydrogen-bond acceptors (Lipinski definition) is 5. The van der Waals surface area contributed by atoms with Gasteiger partial charge in [-0.3, -0.25) is 19.7 Å². The van der Waals surface area contributed by atoms with Crippen molar-refractivity contribution in [1.82, 2.24) is 5.32 Å². The van der Waals surface area contributed by atoms with Crippen LogP contribution in [-0.4, -0.2) is 16.6 Å². The fourth-order valence-corrected chi connectivity index (χ4v) is 4.34. The zero-order valence-electron chi connectivity index (χ0n) is 17.4. The summed E-state index contributed by atoms with van der Waals surface area (Å²) >= 11 is 0. The van der Waals surface area contributed by atoms with Gasteiger partial charge in [0.05, 0.1) is 4.92 Å². The van der Waals surface area contributed by atoms with Crippen LogP contribution in [0.1, 0.15) is 43.2 Å². The van der Waals surface area contributed by atoms with Crippen LogP contribution in [0.15, 0.2) is 71.1 Å². The van der Waals surface area contributed by atoms with Gasteiger partial charge in [0.1, 0.15) is 0 Å². The molecule has 4 rings (SSSR count). The Morgan fingerprint density at radius 1 is 1.13 bits per heavy atom. The van der Waals surface area contributed by atoms with Crippen LogP contribution in [0.2, 0.25) is 0 Å². The maximum Gasteiger partial charge on any atom is 0.272 e. The lowest BCUT2D eigenvalue weighted by atomic mass is 9.74. The second-order valence-corrected chi connectivity index (χ2v) is 7.89. The number of aryl methyl sites for hydroxylation is 1. The third-order valence-corrected chi connectivity index (χ3v) is 5.82. The topological polar surface area (TPSA) is 101 Å². The van der Waals surface area contributed by atoms with Gasteiger partial charge in [0, 0.05) is 52.2 Å². The minimum absolute atomic E-state index is 0.0260. The molecule has 0 radical (unpaired) electrons. The van der Waals surface area contributed by atoms with E-state index >= 15 is 0 Å². The fourth-order valence-electron chi connectivity index (χ4n) is 4.34. The molecule has 2 N–H and O–H groups in total. The zero-order chi connectivity index (χ0) is 22.1. The average Bonchev–Trinajstić information content (AvgIpc) is 2.73. The van der Waals surface area contributed by atoms with Crippen LogP contribution >= 0.6 is 0 Å². The highest BCUT2D eigenvalue weighted by molar-refractivity contribution is 6.09. The smallest absolute Gasteiger partial charge is 0.272 e. The molecular formula is C24H23N3O4. The molecular weight excluding hydrogens is 394 g/mol. The molecule has 1 heterocycles. The van der Waals surface area contributed by atoms with Crippen LogP contribution < -0.4 is 10.6 Å². The maximum absolute atomic E-state index is 13.4. The standard InChI is InChI=1S/C24H23N3O4/c1-14-11-12-16(13-19(14)27(30)31)22-21(24(29)26-17-7-4-3-5-8-17)15(2)25-18-9-6-10-20(28)23(18)22/h3-5,7-8,11-13,22,25H,6,9-10H2,1-2H3,(H,26,29)/t22-/m0/s1. The molecule has 31 heavy (non-hydrogen) atoms. The van der Waals surface area contributed by atoms with Crippen molar-refractivity contribution < 1.29 is 14.5 Å². The van der Waals surface area contributed by atoms with Crippen molar-refractivity contribution in [2.75, 3.05) is 5.32 Å². The number of ketones is 1. The minimum atomic E-state index is -0.660. The molecule has 0 unspecified atom stereocenters. The van der Waals surface area contributed by atoms with E-state index in [1.54, 1.807) is 38.1 Å². The highest BCUT2D eigenvalue weighted by Gasteiger charge is 2.39.